The van der Waals surface area contributed by atoms with Crippen LogP contribution in [-0.2, 0) is 6.54 Å². The molecule has 1 amide bonds. The van der Waals surface area contributed by atoms with Crippen molar-refractivity contribution >= 4 is 11.6 Å². The van der Waals surface area contributed by atoms with Gasteiger partial charge >= 0.3 is 0 Å². The van der Waals surface area contributed by atoms with Gasteiger partial charge in [-0.25, -0.2) is 0 Å². The van der Waals surface area contributed by atoms with Crippen LogP contribution in [-0.4, -0.2) is 30.7 Å². The maximum Gasteiger partial charge on any atom is 0.255 e. The van der Waals surface area contributed by atoms with Gasteiger partial charge in [-0.1, -0.05) is 19.1 Å². The normalized spacial score (nSPS) is 17.3. The number of rotatable bonds is 4. The number of benzene rings is 2. The molecule has 5 nitrogen and oxygen atoms in total. The third-order valence-electron chi connectivity index (χ3n) is 5.13. The second kappa shape index (κ2) is 7.38. The smallest absolute Gasteiger partial charge is 0.255 e. The third kappa shape index (κ3) is 3.83. The van der Waals surface area contributed by atoms with Gasteiger partial charge < -0.3 is 14.8 Å². The van der Waals surface area contributed by atoms with Gasteiger partial charge in [0, 0.05) is 23.9 Å². The average Bonchev–Trinajstić information content (AvgIpc) is 3.12. The molecule has 0 unspecified atom stereocenters. The summed E-state index contributed by atoms with van der Waals surface area (Å²) in [5.74, 6) is 2.09. The SMILES string of the molecule is CC1CCN(Cc2ccc(C(=O)Nc3ccc4c(c3)OCO4)cc2)CC1. The van der Waals surface area contributed by atoms with Crippen molar-refractivity contribution in [3.63, 3.8) is 0 Å². The minimum Gasteiger partial charge on any atom is -0.454 e. The van der Waals surface area contributed by atoms with Gasteiger partial charge in [0.1, 0.15) is 0 Å². The quantitative estimate of drug-likeness (QED) is 0.907. The Morgan fingerprint density at radius 2 is 1.81 bits per heavy atom. The zero-order valence-corrected chi connectivity index (χ0v) is 15.0. The molecule has 1 fully saturated rings. The van der Waals surface area contributed by atoms with Crippen molar-refractivity contribution in [3.05, 3.63) is 53.6 Å². The summed E-state index contributed by atoms with van der Waals surface area (Å²) in [6.45, 7) is 5.83. The number of nitrogens with one attached hydrogen (secondary N) is 1. The number of nitrogens with zero attached hydrogens (tertiary/aromatic N) is 1. The first-order valence-electron chi connectivity index (χ1n) is 9.20. The predicted molar refractivity (Wildman–Crippen MR) is 101 cm³/mol. The number of hydrogen-bond acceptors (Lipinski definition) is 4. The van der Waals surface area contributed by atoms with Crippen molar-refractivity contribution in [2.24, 2.45) is 5.92 Å². The number of carbonyl (C=O) groups is 1. The van der Waals surface area contributed by atoms with Crippen LogP contribution in [0, 0.1) is 5.92 Å². The number of ether oxygens (including phenoxy) is 2. The number of likely N-dealkylation sites (tertiary alicyclic amines) is 1. The Bertz CT molecular complexity index is 780. The number of anilines is 1. The summed E-state index contributed by atoms with van der Waals surface area (Å²) in [5, 5.41) is 2.91. The largest absolute Gasteiger partial charge is 0.454 e. The van der Waals surface area contributed by atoms with Crippen molar-refractivity contribution in [2.45, 2.75) is 26.3 Å². The van der Waals surface area contributed by atoms with Gasteiger partial charge in [0.05, 0.1) is 0 Å². The van der Waals surface area contributed by atoms with Crippen LogP contribution in [0.4, 0.5) is 5.69 Å². The lowest BCUT2D eigenvalue weighted by Crippen LogP contribution is -2.32. The Morgan fingerprint density at radius 1 is 1.08 bits per heavy atom. The summed E-state index contributed by atoms with van der Waals surface area (Å²) in [6.07, 6.45) is 2.55. The van der Waals surface area contributed by atoms with Gasteiger partial charge in [-0.05, 0) is 61.7 Å². The van der Waals surface area contributed by atoms with E-state index < -0.39 is 0 Å². The Balaban J connectivity index is 1.36. The molecule has 2 aliphatic rings. The van der Waals surface area contributed by atoms with Crippen molar-refractivity contribution in [1.29, 1.82) is 0 Å². The number of fused-ring (bicyclic) bond motifs is 1. The molecular formula is C21H24N2O3. The first-order valence-corrected chi connectivity index (χ1v) is 9.20. The second-order valence-electron chi connectivity index (χ2n) is 7.18. The van der Waals surface area contributed by atoms with Crippen molar-refractivity contribution in [3.8, 4) is 11.5 Å². The highest BCUT2D eigenvalue weighted by atomic mass is 16.7. The number of amides is 1. The summed E-state index contributed by atoms with van der Waals surface area (Å²) in [4.78, 5) is 14.9. The lowest BCUT2D eigenvalue weighted by Gasteiger charge is -2.30. The molecule has 2 aromatic carbocycles. The van der Waals surface area contributed by atoms with Crippen molar-refractivity contribution in [2.75, 3.05) is 25.2 Å². The standard InChI is InChI=1S/C21H24N2O3/c1-15-8-10-23(11-9-15)13-16-2-4-17(5-3-16)21(24)22-18-6-7-19-20(12-18)26-14-25-19/h2-7,12,15H,8-11,13-14H2,1H3,(H,22,24). The fourth-order valence-corrected chi connectivity index (χ4v) is 3.42. The molecule has 2 heterocycles. The zero-order valence-electron chi connectivity index (χ0n) is 15.0. The average molecular weight is 352 g/mol. The number of carbonyl (C=O) groups excluding carboxylic acids is 1. The van der Waals surface area contributed by atoms with Crippen LogP contribution in [0.25, 0.3) is 0 Å². The van der Waals surface area contributed by atoms with Crippen molar-refractivity contribution in [1.82, 2.24) is 4.90 Å². The van der Waals surface area contributed by atoms with Crippen molar-refractivity contribution < 1.29 is 14.3 Å². The maximum absolute atomic E-state index is 12.5. The molecule has 2 aromatic rings. The van der Waals surface area contributed by atoms with Gasteiger partial charge in [0.2, 0.25) is 6.79 Å². The van der Waals surface area contributed by atoms with E-state index >= 15 is 0 Å². The van der Waals surface area contributed by atoms with Crippen LogP contribution in [0.5, 0.6) is 11.5 Å². The molecule has 2 aliphatic heterocycles. The van der Waals surface area contributed by atoms with E-state index in [1.165, 1.54) is 18.4 Å². The van der Waals surface area contributed by atoms with Crippen LogP contribution in [0.3, 0.4) is 0 Å². The van der Waals surface area contributed by atoms with E-state index in [9.17, 15) is 4.79 Å². The highest BCUT2D eigenvalue weighted by molar-refractivity contribution is 6.04. The molecule has 1 N–H and O–H groups in total. The van der Waals surface area contributed by atoms with E-state index in [0.29, 0.717) is 22.7 Å². The van der Waals surface area contributed by atoms with E-state index in [4.69, 9.17) is 9.47 Å². The minimum atomic E-state index is -0.123. The fraction of sp³-hybridized carbons (Fsp3) is 0.381. The van der Waals surface area contributed by atoms with E-state index in [2.05, 4.69) is 17.1 Å². The second-order valence-corrected chi connectivity index (χ2v) is 7.18. The highest BCUT2D eigenvalue weighted by Crippen LogP contribution is 2.34. The van der Waals surface area contributed by atoms with E-state index in [0.717, 1.165) is 25.6 Å². The molecule has 26 heavy (non-hydrogen) atoms. The van der Waals surface area contributed by atoms with Gasteiger partial charge in [0.25, 0.3) is 5.91 Å². The summed E-state index contributed by atoms with van der Waals surface area (Å²) in [7, 11) is 0. The monoisotopic (exact) mass is 352 g/mol. The molecule has 0 radical (unpaired) electrons. The van der Waals surface area contributed by atoms with Gasteiger partial charge in [-0.2, -0.15) is 0 Å². The molecule has 0 aliphatic carbocycles. The van der Waals surface area contributed by atoms with E-state index in [-0.39, 0.29) is 12.7 Å². The summed E-state index contributed by atoms with van der Waals surface area (Å²) >= 11 is 0. The Labute approximate surface area is 153 Å². The fourth-order valence-electron chi connectivity index (χ4n) is 3.42. The first-order chi connectivity index (χ1) is 12.7. The number of piperidine rings is 1. The third-order valence-corrected chi connectivity index (χ3v) is 5.13. The summed E-state index contributed by atoms with van der Waals surface area (Å²) < 4.78 is 10.6. The molecule has 0 bridgehead atoms. The molecule has 5 heteroatoms. The molecule has 0 aromatic heterocycles. The van der Waals surface area contributed by atoms with E-state index in [1.54, 1.807) is 12.1 Å². The summed E-state index contributed by atoms with van der Waals surface area (Å²) in [5.41, 5.74) is 2.60. The zero-order chi connectivity index (χ0) is 17.9. The maximum atomic E-state index is 12.5. The van der Waals surface area contributed by atoms with Gasteiger partial charge in [0.15, 0.2) is 11.5 Å². The molecule has 0 spiro atoms. The molecule has 0 atom stereocenters. The molecule has 1 saturated heterocycles. The van der Waals surface area contributed by atoms with Gasteiger partial charge in [-0.15, -0.1) is 0 Å². The van der Waals surface area contributed by atoms with Gasteiger partial charge in [-0.3, -0.25) is 9.69 Å². The predicted octanol–water partition coefficient (Wildman–Crippen LogP) is 3.90. The molecule has 0 saturated carbocycles. The Hall–Kier alpha value is -2.53. The Kier molecular flexibility index (Phi) is 4.80. The van der Waals surface area contributed by atoms with Crippen LogP contribution in [0.1, 0.15) is 35.7 Å². The number of hydrogen-bond donors (Lipinski definition) is 1. The Morgan fingerprint density at radius 3 is 2.58 bits per heavy atom. The first kappa shape index (κ1) is 16.9. The minimum absolute atomic E-state index is 0.123. The molecular weight excluding hydrogens is 328 g/mol. The summed E-state index contributed by atoms with van der Waals surface area (Å²) in [6, 6.07) is 13.3. The lowest BCUT2D eigenvalue weighted by molar-refractivity contribution is 0.102. The molecule has 4 rings (SSSR count). The van der Waals surface area contributed by atoms with Crippen LogP contribution < -0.4 is 14.8 Å². The van der Waals surface area contributed by atoms with E-state index in [1.807, 2.05) is 30.3 Å². The molecule has 136 valence electrons. The van der Waals surface area contributed by atoms with Crippen LogP contribution >= 0.6 is 0 Å². The topological polar surface area (TPSA) is 50.8 Å². The van der Waals surface area contributed by atoms with Crippen LogP contribution in [0.2, 0.25) is 0 Å². The lowest BCUT2D eigenvalue weighted by atomic mass is 9.99. The highest BCUT2D eigenvalue weighted by Gasteiger charge is 2.17. The van der Waals surface area contributed by atoms with Crippen LogP contribution in [0.15, 0.2) is 42.5 Å².